The topological polar surface area (TPSA) is 49.3 Å². The van der Waals surface area contributed by atoms with Gasteiger partial charge in [-0.25, -0.2) is 4.39 Å². The van der Waals surface area contributed by atoms with Gasteiger partial charge in [0.2, 0.25) is 5.91 Å². The zero-order valence-corrected chi connectivity index (χ0v) is 5.07. The highest BCUT2D eigenvalue weighted by Crippen LogP contribution is 2.14. The van der Waals surface area contributed by atoms with Crippen LogP contribution in [0.4, 0.5) is 13.2 Å². The van der Waals surface area contributed by atoms with E-state index in [1.54, 1.807) is 0 Å². The first-order valence-corrected chi connectivity index (χ1v) is 2.35. The monoisotopic (exact) mass is 157 g/mol. The van der Waals surface area contributed by atoms with E-state index in [9.17, 15) is 18.0 Å². The molecule has 0 aliphatic heterocycles. The molecule has 0 heterocycles. The van der Waals surface area contributed by atoms with E-state index < -0.39 is 18.3 Å². The summed E-state index contributed by atoms with van der Waals surface area (Å²) < 4.78 is 34.7. The van der Waals surface area contributed by atoms with Gasteiger partial charge in [-0.2, -0.15) is 8.78 Å². The Morgan fingerprint density at radius 3 is 2.20 bits per heavy atom. The van der Waals surface area contributed by atoms with Crippen molar-refractivity contribution in [1.29, 1.82) is 0 Å². The molecule has 1 unspecified atom stereocenters. The number of alkyl halides is 3. The Morgan fingerprint density at radius 1 is 1.70 bits per heavy atom. The van der Waals surface area contributed by atoms with Gasteiger partial charge in [-0.05, 0) is 0 Å². The zero-order chi connectivity index (χ0) is 8.36. The van der Waals surface area contributed by atoms with Crippen molar-refractivity contribution >= 4 is 5.91 Å². The Balaban J connectivity index is 3.85. The fourth-order valence-corrected chi connectivity index (χ4v) is 0.265. The van der Waals surface area contributed by atoms with Crippen LogP contribution in [-0.4, -0.2) is 23.4 Å². The summed E-state index contributed by atoms with van der Waals surface area (Å²) in [6, 6.07) is 0. The van der Waals surface area contributed by atoms with Crippen molar-refractivity contribution in [3.8, 4) is 0 Å². The van der Waals surface area contributed by atoms with Crippen molar-refractivity contribution in [3.05, 3.63) is 0 Å². The Morgan fingerprint density at radius 2 is 2.10 bits per heavy atom. The highest BCUT2D eigenvalue weighted by molar-refractivity contribution is 5.73. The standard InChI is InChI=1S/C4H6F3NO2/c1-2(9)8-3(5)4(6,7)10/h3,10H,1H3,(H,8,9). The second-order valence-electron chi connectivity index (χ2n) is 1.65. The molecule has 0 radical (unpaired) electrons. The number of rotatable bonds is 2. The molecule has 10 heavy (non-hydrogen) atoms. The number of halogens is 3. The van der Waals surface area contributed by atoms with Crippen molar-refractivity contribution in [3.63, 3.8) is 0 Å². The normalized spacial score (nSPS) is 14.5. The Hall–Kier alpha value is -0.780. The summed E-state index contributed by atoms with van der Waals surface area (Å²) in [7, 11) is 0. The van der Waals surface area contributed by atoms with E-state index in [0.717, 1.165) is 6.92 Å². The van der Waals surface area contributed by atoms with E-state index in [1.165, 1.54) is 5.32 Å². The lowest BCUT2D eigenvalue weighted by Gasteiger charge is -2.13. The number of nitrogens with one attached hydrogen (secondary N) is 1. The van der Waals surface area contributed by atoms with Crippen LogP contribution < -0.4 is 5.32 Å². The Labute approximate surface area is 54.8 Å². The molecule has 0 aliphatic carbocycles. The molecular formula is C4H6F3NO2. The molecule has 0 saturated heterocycles. The minimum Gasteiger partial charge on any atom is -0.332 e. The SMILES string of the molecule is CC(=O)NC(F)C(O)(F)F. The predicted octanol–water partition coefficient (Wildman–Crippen LogP) is 0.00320. The van der Waals surface area contributed by atoms with Gasteiger partial charge >= 0.3 is 6.11 Å². The van der Waals surface area contributed by atoms with Gasteiger partial charge in [0, 0.05) is 6.92 Å². The lowest BCUT2D eigenvalue weighted by atomic mass is 10.5. The highest BCUT2D eigenvalue weighted by Gasteiger charge is 2.38. The summed E-state index contributed by atoms with van der Waals surface area (Å²) in [4.78, 5) is 9.91. The Bertz CT molecular complexity index is 133. The molecule has 0 aromatic heterocycles. The second kappa shape index (κ2) is 2.87. The van der Waals surface area contributed by atoms with Gasteiger partial charge in [-0.15, -0.1) is 0 Å². The molecule has 0 bridgehead atoms. The molecule has 0 aliphatic rings. The number of hydrogen-bond donors (Lipinski definition) is 2. The molecule has 0 rings (SSSR count). The van der Waals surface area contributed by atoms with Crippen LogP contribution in [0.1, 0.15) is 6.92 Å². The Kier molecular flexibility index (Phi) is 2.65. The maximum absolute atomic E-state index is 11.8. The molecule has 1 amide bonds. The van der Waals surface area contributed by atoms with E-state index in [1.807, 2.05) is 0 Å². The van der Waals surface area contributed by atoms with E-state index in [0.29, 0.717) is 0 Å². The number of amides is 1. The van der Waals surface area contributed by atoms with Gasteiger partial charge in [0.15, 0.2) is 0 Å². The first-order chi connectivity index (χ1) is 4.34. The van der Waals surface area contributed by atoms with Crippen LogP contribution in [0.25, 0.3) is 0 Å². The summed E-state index contributed by atoms with van der Waals surface area (Å²) in [5.41, 5.74) is 0. The van der Waals surface area contributed by atoms with Gasteiger partial charge in [0.25, 0.3) is 6.30 Å². The van der Waals surface area contributed by atoms with Crippen molar-refractivity contribution in [2.24, 2.45) is 0 Å². The van der Waals surface area contributed by atoms with E-state index in [-0.39, 0.29) is 0 Å². The molecule has 6 heteroatoms. The predicted molar refractivity (Wildman–Crippen MR) is 25.9 cm³/mol. The van der Waals surface area contributed by atoms with Gasteiger partial charge in [0.1, 0.15) is 0 Å². The number of carbonyl (C=O) groups excluding carboxylic acids is 1. The summed E-state index contributed by atoms with van der Waals surface area (Å²) in [6.45, 7) is 0.859. The molecular weight excluding hydrogens is 151 g/mol. The highest BCUT2D eigenvalue weighted by atomic mass is 19.3. The molecule has 60 valence electrons. The van der Waals surface area contributed by atoms with Crippen LogP contribution in [0.5, 0.6) is 0 Å². The van der Waals surface area contributed by atoms with Crippen LogP contribution in [0.2, 0.25) is 0 Å². The van der Waals surface area contributed by atoms with Crippen LogP contribution in [0.3, 0.4) is 0 Å². The first kappa shape index (κ1) is 9.22. The fourth-order valence-electron chi connectivity index (χ4n) is 0.265. The third-order valence-corrected chi connectivity index (χ3v) is 0.635. The van der Waals surface area contributed by atoms with E-state index in [4.69, 9.17) is 5.11 Å². The van der Waals surface area contributed by atoms with Crippen molar-refractivity contribution in [2.45, 2.75) is 19.3 Å². The lowest BCUT2D eigenvalue weighted by molar-refractivity contribution is -0.246. The maximum atomic E-state index is 11.8. The molecule has 2 N–H and O–H groups in total. The molecule has 0 spiro atoms. The molecule has 0 saturated carbocycles. The van der Waals surface area contributed by atoms with Gasteiger partial charge in [-0.3, -0.25) is 4.79 Å². The smallest absolute Gasteiger partial charge is 0.332 e. The third kappa shape index (κ3) is 3.29. The van der Waals surface area contributed by atoms with Gasteiger partial charge in [0.05, 0.1) is 0 Å². The lowest BCUT2D eigenvalue weighted by Crippen LogP contribution is -2.43. The summed E-state index contributed by atoms with van der Waals surface area (Å²) >= 11 is 0. The van der Waals surface area contributed by atoms with Crippen LogP contribution in [-0.2, 0) is 4.79 Å². The minimum atomic E-state index is -4.51. The number of aliphatic hydroxyl groups is 1. The maximum Gasteiger partial charge on any atom is 0.403 e. The minimum absolute atomic E-state index is 0.859. The summed E-state index contributed by atoms with van der Waals surface area (Å²) in [5, 5.41) is 8.79. The third-order valence-electron chi connectivity index (χ3n) is 0.635. The number of hydrogen-bond acceptors (Lipinski definition) is 2. The van der Waals surface area contributed by atoms with Gasteiger partial charge < -0.3 is 10.4 Å². The van der Waals surface area contributed by atoms with Crippen molar-refractivity contribution in [2.75, 3.05) is 0 Å². The zero-order valence-electron chi connectivity index (χ0n) is 5.07. The number of carbonyl (C=O) groups is 1. The van der Waals surface area contributed by atoms with Gasteiger partial charge in [-0.1, -0.05) is 0 Å². The molecule has 0 fully saturated rings. The fraction of sp³-hybridized carbons (Fsp3) is 0.750. The van der Waals surface area contributed by atoms with Crippen molar-refractivity contribution in [1.82, 2.24) is 5.32 Å². The van der Waals surface area contributed by atoms with Crippen molar-refractivity contribution < 1.29 is 23.1 Å². The van der Waals surface area contributed by atoms with E-state index in [2.05, 4.69) is 0 Å². The summed E-state index contributed by atoms with van der Waals surface area (Å²) in [6.07, 6.45) is -7.55. The first-order valence-electron chi connectivity index (χ1n) is 2.35. The molecule has 0 aromatic rings. The largest absolute Gasteiger partial charge is 0.403 e. The van der Waals surface area contributed by atoms with Crippen LogP contribution in [0, 0.1) is 0 Å². The molecule has 0 aromatic carbocycles. The summed E-state index contributed by atoms with van der Waals surface area (Å²) in [5.74, 6) is -0.971. The quantitative estimate of drug-likeness (QED) is 0.554. The van der Waals surface area contributed by atoms with Crippen LogP contribution in [0.15, 0.2) is 0 Å². The van der Waals surface area contributed by atoms with Crippen LogP contribution >= 0.6 is 0 Å². The molecule has 3 nitrogen and oxygen atoms in total. The van der Waals surface area contributed by atoms with E-state index >= 15 is 0 Å². The average Bonchev–Trinajstić information content (AvgIpc) is 1.60. The average molecular weight is 157 g/mol. The second-order valence-corrected chi connectivity index (χ2v) is 1.65. The molecule has 1 atom stereocenters.